The van der Waals surface area contributed by atoms with Gasteiger partial charge in [0.1, 0.15) is 10.0 Å². The lowest BCUT2D eigenvalue weighted by Gasteiger charge is -2.33. The molecule has 4 aromatic rings. The first kappa shape index (κ1) is 19.4. The molecule has 1 aliphatic heterocycles. The van der Waals surface area contributed by atoms with Crippen LogP contribution in [0.4, 0.5) is 5.00 Å². The molecule has 5 heteroatoms. The van der Waals surface area contributed by atoms with Crippen molar-refractivity contribution in [3.05, 3.63) is 102 Å². The number of anilines is 1. The summed E-state index contributed by atoms with van der Waals surface area (Å²) in [5, 5.41) is 2.41. The van der Waals surface area contributed by atoms with Crippen LogP contribution in [0.25, 0.3) is 10.6 Å². The molecule has 3 nitrogen and oxygen atoms in total. The molecule has 30 heavy (non-hydrogen) atoms. The van der Waals surface area contributed by atoms with Crippen molar-refractivity contribution in [2.75, 3.05) is 11.4 Å². The predicted molar refractivity (Wildman–Crippen MR) is 128 cm³/mol. The van der Waals surface area contributed by atoms with Crippen molar-refractivity contribution in [2.24, 2.45) is 0 Å². The van der Waals surface area contributed by atoms with Crippen LogP contribution in [0.3, 0.4) is 0 Å². The van der Waals surface area contributed by atoms with Gasteiger partial charge >= 0.3 is 0 Å². The SMILES string of the molecule is c1ccc(CN2CC(NSc3ccccc3)Cc3nc(-c4ccccc4)sc32)cc1. The van der Waals surface area contributed by atoms with Crippen LogP contribution in [0.5, 0.6) is 0 Å². The molecule has 0 bridgehead atoms. The van der Waals surface area contributed by atoms with Crippen LogP contribution in [-0.4, -0.2) is 17.6 Å². The molecule has 1 aromatic heterocycles. The Labute approximate surface area is 185 Å². The number of nitrogens with one attached hydrogen (secondary N) is 1. The normalized spacial score (nSPS) is 15.7. The van der Waals surface area contributed by atoms with Gasteiger partial charge in [0.2, 0.25) is 0 Å². The number of hydrogen-bond acceptors (Lipinski definition) is 5. The first-order valence-corrected chi connectivity index (χ1v) is 11.8. The Kier molecular flexibility index (Phi) is 5.84. The number of rotatable bonds is 6. The molecule has 2 heterocycles. The second kappa shape index (κ2) is 9.04. The topological polar surface area (TPSA) is 28.2 Å². The highest BCUT2D eigenvalue weighted by molar-refractivity contribution is 7.97. The fourth-order valence-corrected chi connectivity index (χ4v) is 5.60. The van der Waals surface area contributed by atoms with Crippen LogP contribution < -0.4 is 9.62 Å². The zero-order chi connectivity index (χ0) is 20.2. The molecule has 1 N–H and O–H groups in total. The summed E-state index contributed by atoms with van der Waals surface area (Å²) < 4.78 is 3.68. The van der Waals surface area contributed by atoms with Gasteiger partial charge in [0.15, 0.2) is 0 Å². The summed E-state index contributed by atoms with van der Waals surface area (Å²) >= 11 is 3.52. The van der Waals surface area contributed by atoms with Gasteiger partial charge in [0.25, 0.3) is 0 Å². The Balaban J connectivity index is 1.41. The molecule has 0 saturated heterocycles. The minimum Gasteiger partial charge on any atom is -0.356 e. The van der Waals surface area contributed by atoms with E-state index in [0.717, 1.165) is 24.5 Å². The van der Waals surface area contributed by atoms with E-state index in [0.29, 0.717) is 6.04 Å². The summed E-state index contributed by atoms with van der Waals surface area (Å²) in [6.07, 6.45) is 0.948. The number of nitrogens with zero attached hydrogens (tertiary/aromatic N) is 2. The Morgan fingerprint density at radius 1 is 0.900 bits per heavy atom. The van der Waals surface area contributed by atoms with E-state index < -0.39 is 0 Å². The number of benzene rings is 3. The highest BCUT2D eigenvalue weighted by Gasteiger charge is 2.28. The first-order chi connectivity index (χ1) is 14.8. The maximum Gasteiger partial charge on any atom is 0.125 e. The summed E-state index contributed by atoms with van der Waals surface area (Å²) in [6, 6.07) is 32.1. The quantitative estimate of drug-likeness (QED) is 0.378. The van der Waals surface area contributed by atoms with Crippen molar-refractivity contribution in [1.29, 1.82) is 0 Å². The van der Waals surface area contributed by atoms with Gasteiger partial charge in [-0.3, -0.25) is 4.72 Å². The maximum absolute atomic E-state index is 5.05. The molecule has 150 valence electrons. The van der Waals surface area contributed by atoms with Gasteiger partial charge in [-0.25, -0.2) is 4.98 Å². The molecule has 0 radical (unpaired) electrons. The fraction of sp³-hybridized carbons (Fsp3) is 0.160. The van der Waals surface area contributed by atoms with Crippen molar-refractivity contribution < 1.29 is 0 Å². The molecule has 0 aliphatic carbocycles. The van der Waals surface area contributed by atoms with E-state index in [9.17, 15) is 0 Å². The molecule has 0 saturated carbocycles. The number of hydrogen-bond donors (Lipinski definition) is 1. The van der Waals surface area contributed by atoms with E-state index in [4.69, 9.17) is 4.98 Å². The van der Waals surface area contributed by atoms with Gasteiger partial charge in [-0.15, -0.1) is 0 Å². The minimum atomic E-state index is 0.345. The second-order valence-electron chi connectivity index (χ2n) is 7.44. The van der Waals surface area contributed by atoms with Gasteiger partial charge in [0, 0.05) is 36.0 Å². The van der Waals surface area contributed by atoms with Crippen LogP contribution in [-0.2, 0) is 13.0 Å². The van der Waals surface area contributed by atoms with Gasteiger partial charge in [-0.05, 0) is 29.6 Å². The molecule has 0 fully saturated rings. The molecule has 1 aliphatic rings. The lowest BCUT2D eigenvalue weighted by molar-refractivity contribution is 0.567. The van der Waals surface area contributed by atoms with Crippen molar-refractivity contribution in [3.8, 4) is 10.6 Å². The number of fused-ring (bicyclic) bond motifs is 1. The van der Waals surface area contributed by atoms with E-state index in [2.05, 4.69) is 101 Å². The maximum atomic E-state index is 5.05. The summed E-state index contributed by atoms with van der Waals surface area (Å²) in [5.41, 5.74) is 3.72. The average Bonchev–Trinajstić information content (AvgIpc) is 3.24. The molecule has 1 atom stereocenters. The van der Waals surface area contributed by atoms with E-state index in [1.807, 2.05) is 11.3 Å². The van der Waals surface area contributed by atoms with Crippen molar-refractivity contribution in [1.82, 2.24) is 9.71 Å². The van der Waals surface area contributed by atoms with Crippen LogP contribution in [0.15, 0.2) is 95.9 Å². The Morgan fingerprint density at radius 2 is 1.57 bits per heavy atom. The predicted octanol–water partition coefficient (Wildman–Crippen LogP) is 6.04. The van der Waals surface area contributed by atoms with Crippen LogP contribution >= 0.6 is 23.3 Å². The van der Waals surface area contributed by atoms with Gasteiger partial charge in [-0.1, -0.05) is 90.2 Å². The van der Waals surface area contributed by atoms with E-state index in [-0.39, 0.29) is 0 Å². The molecule has 1 unspecified atom stereocenters. The third-order valence-electron chi connectivity index (χ3n) is 5.17. The summed E-state index contributed by atoms with van der Waals surface area (Å²) in [4.78, 5) is 8.77. The standard InChI is InChI=1S/C25H23N3S2/c1-4-10-19(11-5-1)17-28-18-21(27-30-22-14-8-3-9-15-22)16-23-25(28)29-24(26-23)20-12-6-2-7-13-20/h1-15,21,27H,16-18H2. The van der Waals surface area contributed by atoms with Crippen molar-refractivity contribution >= 4 is 28.3 Å². The Morgan fingerprint density at radius 3 is 2.30 bits per heavy atom. The van der Waals surface area contributed by atoms with Crippen molar-refractivity contribution in [2.45, 2.75) is 23.9 Å². The molecular formula is C25H23N3S2. The highest BCUT2D eigenvalue weighted by Crippen LogP contribution is 2.39. The smallest absolute Gasteiger partial charge is 0.125 e. The minimum absolute atomic E-state index is 0.345. The van der Waals surface area contributed by atoms with Crippen LogP contribution in [0.1, 0.15) is 11.3 Å². The van der Waals surface area contributed by atoms with Crippen LogP contribution in [0, 0.1) is 0 Å². The number of thiazole rings is 1. The average molecular weight is 430 g/mol. The zero-order valence-electron chi connectivity index (χ0n) is 16.6. The Hall–Kier alpha value is -2.60. The molecular weight excluding hydrogens is 406 g/mol. The fourth-order valence-electron chi connectivity index (χ4n) is 3.73. The van der Waals surface area contributed by atoms with Gasteiger partial charge < -0.3 is 4.90 Å². The Bertz CT molecular complexity index is 1080. The number of aromatic nitrogens is 1. The lowest BCUT2D eigenvalue weighted by Crippen LogP contribution is -2.43. The zero-order valence-corrected chi connectivity index (χ0v) is 18.2. The molecule has 3 aromatic carbocycles. The van der Waals surface area contributed by atoms with Crippen LogP contribution in [0.2, 0.25) is 0 Å². The largest absolute Gasteiger partial charge is 0.356 e. The monoisotopic (exact) mass is 429 g/mol. The second-order valence-corrected chi connectivity index (χ2v) is 9.33. The van der Waals surface area contributed by atoms with Gasteiger partial charge in [0.05, 0.1) is 5.69 Å². The van der Waals surface area contributed by atoms with Gasteiger partial charge in [-0.2, -0.15) is 0 Å². The van der Waals surface area contributed by atoms with E-state index in [1.165, 1.54) is 26.7 Å². The van der Waals surface area contributed by atoms with Crippen molar-refractivity contribution in [3.63, 3.8) is 0 Å². The third kappa shape index (κ3) is 4.43. The third-order valence-corrected chi connectivity index (χ3v) is 7.33. The molecule has 0 spiro atoms. The highest BCUT2D eigenvalue weighted by atomic mass is 32.2. The van der Waals surface area contributed by atoms with E-state index in [1.54, 1.807) is 11.9 Å². The summed E-state index contributed by atoms with van der Waals surface area (Å²) in [5.74, 6) is 0. The summed E-state index contributed by atoms with van der Waals surface area (Å²) in [6.45, 7) is 1.87. The molecule has 5 rings (SSSR count). The first-order valence-electron chi connectivity index (χ1n) is 10.2. The lowest BCUT2D eigenvalue weighted by atomic mass is 10.1. The molecule has 0 amide bonds. The summed E-state index contributed by atoms with van der Waals surface area (Å²) in [7, 11) is 0. The van der Waals surface area contributed by atoms with E-state index >= 15 is 0 Å².